The van der Waals surface area contributed by atoms with E-state index >= 15 is 0 Å². The molecule has 3 aromatic rings. The van der Waals surface area contributed by atoms with Crippen molar-refractivity contribution in [3.8, 4) is 0 Å². The molecule has 3 rings (SSSR count). The van der Waals surface area contributed by atoms with Gasteiger partial charge < -0.3 is 19.8 Å². The number of aromatic carboxylic acids is 1. The third kappa shape index (κ3) is 3.27. The van der Waals surface area contributed by atoms with Crippen LogP contribution in [-0.4, -0.2) is 27.1 Å². The molecule has 0 unspecified atom stereocenters. The summed E-state index contributed by atoms with van der Waals surface area (Å²) in [6.45, 7) is 0.0539. The zero-order valence-corrected chi connectivity index (χ0v) is 12.3. The molecular formula is C16H13N3O5. The molecule has 0 atom stereocenters. The molecule has 24 heavy (non-hydrogen) atoms. The molecule has 0 aliphatic heterocycles. The van der Waals surface area contributed by atoms with Crippen molar-refractivity contribution in [3.05, 3.63) is 64.1 Å². The zero-order chi connectivity index (χ0) is 17.1. The zero-order valence-electron chi connectivity index (χ0n) is 12.3. The van der Waals surface area contributed by atoms with E-state index in [9.17, 15) is 19.5 Å². The summed E-state index contributed by atoms with van der Waals surface area (Å²) in [5.41, 5.74) is 0.920. The van der Waals surface area contributed by atoms with Crippen LogP contribution in [0.3, 0.4) is 0 Å². The average molecular weight is 327 g/mol. The number of imidazole rings is 1. The maximum absolute atomic E-state index is 11.9. The second-order valence-corrected chi connectivity index (χ2v) is 5.01. The van der Waals surface area contributed by atoms with Gasteiger partial charge in [-0.05, 0) is 17.7 Å². The van der Waals surface area contributed by atoms with E-state index in [2.05, 4.69) is 15.3 Å². The summed E-state index contributed by atoms with van der Waals surface area (Å²) in [6.07, 6.45) is -0.793. The van der Waals surface area contributed by atoms with Crippen LogP contribution in [0, 0.1) is 0 Å². The predicted octanol–water partition coefficient (Wildman–Crippen LogP) is 2.30. The number of amides is 1. The van der Waals surface area contributed by atoms with Crippen molar-refractivity contribution in [2.45, 2.75) is 6.61 Å². The number of carbonyl (C=O) groups is 2. The topological polar surface area (TPSA) is 124 Å². The molecule has 0 saturated heterocycles. The highest BCUT2D eigenvalue weighted by Crippen LogP contribution is 2.21. The molecule has 0 bridgehead atoms. The van der Waals surface area contributed by atoms with Crippen LogP contribution < -0.4 is 11.0 Å². The highest BCUT2D eigenvalue weighted by molar-refractivity contribution is 6.02. The first-order chi connectivity index (χ1) is 11.5. The molecule has 122 valence electrons. The Bertz CT molecular complexity index is 959. The fourth-order valence-corrected chi connectivity index (χ4v) is 2.23. The Labute approximate surface area is 135 Å². The van der Waals surface area contributed by atoms with E-state index < -0.39 is 17.8 Å². The lowest BCUT2D eigenvalue weighted by Crippen LogP contribution is -2.16. The number of fused-ring (bicyclic) bond motifs is 1. The molecule has 0 radical (unpaired) electrons. The lowest BCUT2D eigenvalue weighted by atomic mass is 10.1. The molecule has 0 saturated carbocycles. The Morgan fingerprint density at radius 2 is 1.75 bits per heavy atom. The number of nitrogens with one attached hydrogen (secondary N) is 3. The summed E-state index contributed by atoms with van der Waals surface area (Å²) < 4.78 is 5.06. The molecule has 0 spiro atoms. The van der Waals surface area contributed by atoms with Gasteiger partial charge in [-0.3, -0.25) is 5.32 Å². The lowest BCUT2D eigenvalue weighted by Gasteiger charge is -2.09. The van der Waals surface area contributed by atoms with Gasteiger partial charge in [0.2, 0.25) is 0 Å². The number of ether oxygens (including phenoxy) is 1. The van der Waals surface area contributed by atoms with E-state index in [1.54, 1.807) is 12.1 Å². The van der Waals surface area contributed by atoms with Gasteiger partial charge in [0.05, 0.1) is 22.3 Å². The number of hydrogen-bond donors (Lipinski definition) is 4. The minimum atomic E-state index is -1.24. The van der Waals surface area contributed by atoms with Crippen molar-refractivity contribution >= 4 is 28.8 Å². The second-order valence-electron chi connectivity index (χ2n) is 5.01. The Morgan fingerprint density at radius 3 is 2.42 bits per heavy atom. The minimum absolute atomic E-state index is 0.0308. The second kappa shape index (κ2) is 6.29. The first-order valence-electron chi connectivity index (χ1n) is 7.00. The number of benzene rings is 2. The maximum Gasteiger partial charge on any atom is 0.411 e. The van der Waals surface area contributed by atoms with Gasteiger partial charge >= 0.3 is 17.8 Å². The number of carbonyl (C=O) groups excluding carboxylic acids is 1. The van der Waals surface area contributed by atoms with Crippen molar-refractivity contribution < 1.29 is 19.4 Å². The number of aromatic amines is 2. The van der Waals surface area contributed by atoms with E-state index in [0.29, 0.717) is 11.0 Å². The van der Waals surface area contributed by atoms with Crippen LogP contribution in [0.5, 0.6) is 0 Å². The molecule has 2 aromatic carbocycles. The quantitative estimate of drug-likeness (QED) is 0.585. The number of carboxylic acids is 1. The first kappa shape index (κ1) is 15.3. The molecule has 0 fully saturated rings. The van der Waals surface area contributed by atoms with Crippen molar-refractivity contribution in [3.63, 3.8) is 0 Å². The van der Waals surface area contributed by atoms with Crippen LogP contribution in [0.15, 0.2) is 47.3 Å². The summed E-state index contributed by atoms with van der Waals surface area (Å²) in [5.74, 6) is -1.24. The van der Waals surface area contributed by atoms with Crippen LogP contribution in [0.2, 0.25) is 0 Å². The molecule has 4 N–H and O–H groups in total. The van der Waals surface area contributed by atoms with Gasteiger partial charge in [0.1, 0.15) is 6.61 Å². The normalized spacial score (nSPS) is 10.5. The first-order valence-corrected chi connectivity index (χ1v) is 7.00. The monoisotopic (exact) mass is 327 g/mol. The van der Waals surface area contributed by atoms with Gasteiger partial charge in [0.25, 0.3) is 0 Å². The Balaban J connectivity index is 1.80. The van der Waals surface area contributed by atoms with Crippen LogP contribution >= 0.6 is 0 Å². The molecule has 8 nitrogen and oxygen atoms in total. The molecule has 0 aliphatic carbocycles. The summed E-state index contributed by atoms with van der Waals surface area (Å²) >= 11 is 0. The number of aromatic nitrogens is 2. The SMILES string of the molecule is O=C(Nc1cc2[nH]c(=O)[nH]c2cc1C(=O)O)OCc1ccccc1. The number of rotatable bonds is 4. The smallest absolute Gasteiger partial charge is 0.411 e. The van der Waals surface area contributed by atoms with Gasteiger partial charge in [0, 0.05) is 0 Å². The van der Waals surface area contributed by atoms with Gasteiger partial charge in [-0.25, -0.2) is 14.4 Å². The van der Waals surface area contributed by atoms with Crippen LogP contribution in [0.25, 0.3) is 11.0 Å². The standard InChI is InChI=1S/C16H13N3O5/c20-14(21)10-6-12-13(18-15(22)17-12)7-11(10)19-16(23)24-8-9-4-2-1-3-5-9/h1-7H,8H2,(H,19,23)(H,20,21)(H2,17,18,22). The van der Waals surface area contributed by atoms with E-state index in [0.717, 1.165) is 5.56 Å². The molecule has 8 heteroatoms. The largest absolute Gasteiger partial charge is 0.478 e. The number of hydrogen-bond acceptors (Lipinski definition) is 4. The van der Waals surface area contributed by atoms with Gasteiger partial charge in [-0.15, -0.1) is 0 Å². The van der Waals surface area contributed by atoms with Crippen LogP contribution in [0.1, 0.15) is 15.9 Å². The van der Waals surface area contributed by atoms with E-state index in [-0.39, 0.29) is 17.9 Å². The highest BCUT2D eigenvalue weighted by Gasteiger charge is 2.16. The molecular weight excluding hydrogens is 314 g/mol. The van der Waals surface area contributed by atoms with Crippen molar-refractivity contribution in [1.29, 1.82) is 0 Å². The minimum Gasteiger partial charge on any atom is -0.478 e. The maximum atomic E-state index is 11.9. The summed E-state index contributed by atoms with van der Waals surface area (Å²) in [6, 6.07) is 11.7. The third-order valence-electron chi connectivity index (χ3n) is 3.33. The molecule has 1 heterocycles. The van der Waals surface area contributed by atoms with Crippen molar-refractivity contribution in [2.24, 2.45) is 0 Å². The van der Waals surface area contributed by atoms with E-state index in [1.165, 1.54) is 12.1 Å². The molecule has 0 aliphatic rings. The fraction of sp³-hybridized carbons (Fsp3) is 0.0625. The summed E-state index contributed by atoms with van der Waals surface area (Å²) in [4.78, 5) is 39.5. The van der Waals surface area contributed by atoms with Gasteiger partial charge in [-0.1, -0.05) is 30.3 Å². The van der Waals surface area contributed by atoms with Crippen LogP contribution in [0.4, 0.5) is 10.5 Å². The van der Waals surface area contributed by atoms with Crippen molar-refractivity contribution in [1.82, 2.24) is 9.97 Å². The third-order valence-corrected chi connectivity index (χ3v) is 3.33. The Hall–Kier alpha value is -3.55. The summed E-state index contributed by atoms with van der Waals surface area (Å²) in [5, 5.41) is 11.6. The lowest BCUT2D eigenvalue weighted by molar-refractivity contribution is 0.0698. The molecule has 1 amide bonds. The molecule has 1 aromatic heterocycles. The Morgan fingerprint density at radius 1 is 1.08 bits per heavy atom. The Kier molecular flexibility index (Phi) is 4.02. The fourth-order valence-electron chi connectivity index (χ4n) is 2.23. The van der Waals surface area contributed by atoms with Crippen molar-refractivity contribution in [2.75, 3.05) is 5.32 Å². The van der Waals surface area contributed by atoms with Crippen LogP contribution in [-0.2, 0) is 11.3 Å². The van der Waals surface area contributed by atoms with Gasteiger partial charge in [-0.2, -0.15) is 0 Å². The number of anilines is 1. The number of H-pyrrole nitrogens is 2. The summed E-state index contributed by atoms with van der Waals surface area (Å²) in [7, 11) is 0. The van der Waals surface area contributed by atoms with Gasteiger partial charge in [0.15, 0.2) is 0 Å². The predicted molar refractivity (Wildman–Crippen MR) is 86.1 cm³/mol. The van der Waals surface area contributed by atoms with E-state index in [1.807, 2.05) is 18.2 Å². The van der Waals surface area contributed by atoms with E-state index in [4.69, 9.17) is 4.74 Å². The number of carboxylic acid groups (broad SMARTS) is 1. The average Bonchev–Trinajstić information content (AvgIpc) is 2.92. The highest BCUT2D eigenvalue weighted by atomic mass is 16.5.